The Morgan fingerprint density at radius 2 is 1.79 bits per heavy atom. The van der Waals surface area contributed by atoms with Gasteiger partial charge in [0.05, 0.1) is 12.1 Å². The molecule has 1 aliphatic heterocycles. The fraction of sp³-hybridized carbons (Fsp3) is 0.938. The zero-order chi connectivity index (χ0) is 13.8. The standard InChI is InChI=1S/C16H31N3/c1-2-3-4-5-6-7-8-10-16(15-17)19-13-9-11-18-12-14-19/h16,18H,2-14H2,1H3. The number of nitriles is 1. The van der Waals surface area contributed by atoms with Gasteiger partial charge < -0.3 is 5.32 Å². The molecule has 3 nitrogen and oxygen atoms in total. The van der Waals surface area contributed by atoms with Gasteiger partial charge in [0.15, 0.2) is 0 Å². The Balaban J connectivity index is 2.09. The molecule has 0 spiro atoms. The normalized spacial score (nSPS) is 18.7. The first-order valence-corrected chi connectivity index (χ1v) is 8.23. The molecule has 1 aliphatic rings. The first kappa shape index (κ1) is 16.5. The highest BCUT2D eigenvalue weighted by Crippen LogP contribution is 2.13. The highest BCUT2D eigenvalue weighted by molar-refractivity contribution is 4.92. The molecule has 1 rings (SSSR count). The molecular weight excluding hydrogens is 234 g/mol. The van der Waals surface area contributed by atoms with Crippen LogP contribution in [0.3, 0.4) is 0 Å². The average molecular weight is 265 g/mol. The molecule has 19 heavy (non-hydrogen) atoms. The van der Waals surface area contributed by atoms with E-state index in [0.717, 1.165) is 32.6 Å². The van der Waals surface area contributed by atoms with E-state index in [1.807, 2.05) is 0 Å². The molecule has 3 heteroatoms. The lowest BCUT2D eigenvalue weighted by atomic mass is 10.0. The Morgan fingerprint density at radius 3 is 2.53 bits per heavy atom. The summed E-state index contributed by atoms with van der Waals surface area (Å²) in [7, 11) is 0. The topological polar surface area (TPSA) is 39.1 Å². The SMILES string of the molecule is CCCCCCCCCC(C#N)N1CCCNCC1. The smallest absolute Gasteiger partial charge is 0.0978 e. The van der Waals surface area contributed by atoms with Crippen molar-refractivity contribution in [2.45, 2.75) is 70.8 Å². The van der Waals surface area contributed by atoms with Crippen molar-refractivity contribution in [1.29, 1.82) is 5.26 Å². The minimum Gasteiger partial charge on any atom is -0.315 e. The third kappa shape index (κ3) is 7.54. The van der Waals surface area contributed by atoms with Crippen LogP contribution in [-0.2, 0) is 0 Å². The predicted molar refractivity (Wildman–Crippen MR) is 81.1 cm³/mol. The van der Waals surface area contributed by atoms with E-state index in [1.165, 1.54) is 51.4 Å². The van der Waals surface area contributed by atoms with Gasteiger partial charge in [0, 0.05) is 19.6 Å². The second-order valence-electron chi connectivity index (χ2n) is 5.69. The van der Waals surface area contributed by atoms with E-state index in [-0.39, 0.29) is 6.04 Å². The second-order valence-corrected chi connectivity index (χ2v) is 5.69. The van der Waals surface area contributed by atoms with Crippen molar-refractivity contribution in [3.8, 4) is 6.07 Å². The third-order valence-corrected chi connectivity index (χ3v) is 4.05. The summed E-state index contributed by atoms with van der Waals surface area (Å²) in [5.41, 5.74) is 0. The lowest BCUT2D eigenvalue weighted by molar-refractivity contribution is 0.235. The second kappa shape index (κ2) is 11.3. The molecule has 0 bridgehead atoms. The van der Waals surface area contributed by atoms with Crippen molar-refractivity contribution < 1.29 is 0 Å². The van der Waals surface area contributed by atoms with Crippen molar-refractivity contribution in [2.24, 2.45) is 0 Å². The molecule has 0 saturated carbocycles. The summed E-state index contributed by atoms with van der Waals surface area (Å²) in [6.07, 6.45) is 11.6. The Kier molecular flexibility index (Phi) is 9.75. The summed E-state index contributed by atoms with van der Waals surface area (Å²) in [6.45, 7) is 6.52. The van der Waals surface area contributed by atoms with Crippen molar-refractivity contribution in [1.82, 2.24) is 10.2 Å². The first-order valence-electron chi connectivity index (χ1n) is 8.23. The van der Waals surface area contributed by atoms with Gasteiger partial charge in [-0.2, -0.15) is 5.26 Å². The first-order chi connectivity index (χ1) is 9.38. The molecular formula is C16H31N3. The molecule has 0 aromatic carbocycles. The van der Waals surface area contributed by atoms with Crippen molar-refractivity contribution in [3.63, 3.8) is 0 Å². The summed E-state index contributed by atoms with van der Waals surface area (Å²) < 4.78 is 0. The summed E-state index contributed by atoms with van der Waals surface area (Å²) >= 11 is 0. The third-order valence-electron chi connectivity index (χ3n) is 4.05. The largest absolute Gasteiger partial charge is 0.315 e. The quantitative estimate of drug-likeness (QED) is 0.650. The Labute approximate surface area is 119 Å². The number of unbranched alkanes of at least 4 members (excludes halogenated alkanes) is 6. The maximum atomic E-state index is 9.33. The van der Waals surface area contributed by atoms with Crippen molar-refractivity contribution in [2.75, 3.05) is 26.2 Å². The van der Waals surface area contributed by atoms with E-state index >= 15 is 0 Å². The van der Waals surface area contributed by atoms with E-state index in [4.69, 9.17) is 0 Å². The summed E-state index contributed by atoms with van der Waals surface area (Å²) in [5, 5.41) is 12.7. The van der Waals surface area contributed by atoms with E-state index in [2.05, 4.69) is 23.2 Å². The number of nitrogens with zero attached hydrogens (tertiary/aromatic N) is 2. The van der Waals surface area contributed by atoms with Gasteiger partial charge in [-0.15, -0.1) is 0 Å². The van der Waals surface area contributed by atoms with Gasteiger partial charge in [-0.3, -0.25) is 4.90 Å². The van der Waals surface area contributed by atoms with E-state index < -0.39 is 0 Å². The highest BCUT2D eigenvalue weighted by Gasteiger charge is 2.18. The van der Waals surface area contributed by atoms with Gasteiger partial charge in [0.1, 0.15) is 0 Å². The van der Waals surface area contributed by atoms with E-state index in [9.17, 15) is 5.26 Å². The van der Waals surface area contributed by atoms with Crippen LogP contribution in [0.2, 0.25) is 0 Å². The van der Waals surface area contributed by atoms with Gasteiger partial charge in [-0.05, 0) is 19.4 Å². The molecule has 0 radical (unpaired) electrons. The maximum Gasteiger partial charge on any atom is 0.0978 e. The summed E-state index contributed by atoms with van der Waals surface area (Å²) in [4.78, 5) is 2.37. The maximum absolute atomic E-state index is 9.33. The van der Waals surface area contributed by atoms with Gasteiger partial charge >= 0.3 is 0 Å². The minimum atomic E-state index is 0.149. The molecule has 110 valence electrons. The fourth-order valence-electron chi connectivity index (χ4n) is 2.80. The van der Waals surface area contributed by atoms with Crippen LogP contribution >= 0.6 is 0 Å². The van der Waals surface area contributed by atoms with Crippen LogP contribution in [0.15, 0.2) is 0 Å². The van der Waals surface area contributed by atoms with Crippen LogP contribution in [0.1, 0.15) is 64.7 Å². The minimum absolute atomic E-state index is 0.149. The average Bonchev–Trinajstić information content (AvgIpc) is 2.71. The predicted octanol–water partition coefficient (Wildman–Crippen LogP) is 3.31. The lowest BCUT2D eigenvalue weighted by Crippen LogP contribution is -2.37. The molecule has 0 aromatic heterocycles. The van der Waals surface area contributed by atoms with Gasteiger partial charge in [0.2, 0.25) is 0 Å². The Morgan fingerprint density at radius 1 is 1.05 bits per heavy atom. The molecule has 1 unspecified atom stereocenters. The van der Waals surface area contributed by atoms with E-state index in [0.29, 0.717) is 0 Å². The van der Waals surface area contributed by atoms with Crippen LogP contribution in [0.25, 0.3) is 0 Å². The number of hydrogen-bond acceptors (Lipinski definition) is 3. The molecule has 1 N–H and O–H groups in total. The Bertz CT molecular complexity index is 239. The van der Waals surface area contributed by atoms with E-state index in [1.54, 1.807) is 0 Å². The van der Waals surface area contributed by atoms with Crippen molar-refractivity contribution in [3.05, 3.63) is 0 Å². The molecule has 0 aliphatic carbocycles. The molecule has 1 atom stereocenters. The summed E-state index contributed by atoms with van der Waals surface area (Å²) in [6, 6.07) is 2.66. The highest BCUT2D eigenvalue weighted by atomic mass is 15.2. The lowest BCUT2D eigenvalue weighted by Gasteiger charge is -2.24. The van der Waals surface area contributed by atoms with Crippen LogP contribution in [0.4, 0.5) is 0 Å². The number of nitrogens with one attached hydrogen (secondary N) is 1. The van der Waals surface area contributed by atoms with Gasteiger partial charge in [-0.1, -0.05) is 51.9 Å². The number of hydrogen-bond donors (Lipinski definition) is 1. The van der Waals surface area contributed by atoms with Crippen LogP contribution < -0.4 is 5.32 Å². The number of rotatable bonds is 9. The zero-order valence-electron chi connectivity index (χ0n) is 12.7. The van der Waals surface area contributed by atoms with Gasteiger partial charge in [0.25, 0.3) is 0 Å². The van der Waals surface area contributed by atoms with Crippen LogP contribution in [0, 0.1) is 11.3 Å². The van der Waals surface area contributed by atoms with Crippen LogP contribution in [-0.4, -0.2) is 37.1 Å². The zero-order valence-corrected chi connectivity index (χ0v) is 12.7. The molecule has 0 amide bonds. The molecule has 0 aromatic rings. The van der Waals surface area contributed by atoms with Crippen molar-refractivity contribution >= 4 is 0 Å². The monoisotopic (exact) mass is 265 g/mol. The van der Waals surface area contributed by atoms with Gasteiger partial charge in [-0.25, -0.2) is 0 Å². The fourth-order valence-corrected chi connectivity index (χ4v) is 2.80. The molecule has 1 saturated heterocycles. The van der Waals surface area contributed by atoms with Crippen LogP contribution in [0.5, 0.6) is 0 Å². The molecule has 1 heterocycles. The Hall–Kier alpha value is -0.590. The summed E-state index contributed by atoms with van der Waals surface area (Å²) in [5.74, 6) is 0. The molecule has 1 fully saturated rings.